The largest absolute Gasteiger partial charge is 0.382 e. The second-order valence-corrected chi connectivity index (χ2v) is 5.26. The van der Waals surface area contributed by atoms with Crippen LogP contribution in [-0.2, 0) is 0 Å². The van der Waals surface area contributed by atoms with Crippen molar-refractivity contribution in [2.45, 2.75) is 19.9 Å². The number of imidazole rings is 1. The highest BCUT2D eigenvalue weighted by Gasteiger charge is 2.22. The molecule has 0 spiro atoms. The Morgan fingerprint density at radius 3 is 2.63 bits per heavy atom. The standard InChI is InChI=1S/C13H20N6/c1-10(2)17-5-7-18(8-6-17)13-12-15-3-4-19(12)9-11(14)16-13/h3-4,9-10H,5-8,14H2,1-2H3. The number of aromatic nitrogens is 3. The lowest BCUT2D eigenvalue weighted by molar-refractivity contribution is 0.209. The fourth-order valence-electron chi connectivity index (χ4n) is 2.60. The number of piperazine rings is 1. The fourth-order valence-corrected chi connectivity index (χ4v) is 2.60. The Bertz CT molecular complexity index is 568. The van der Waals surface area contributed by atoms with Crippen molar-refractivity contribution in [3.63, 3.8) is 0 Å². The molecule has 0 aliphatic carbocycles. The molecule has 102 valence electrons. The van der Waals surface area contributed by atoms with Gasteiger partial charge in [0.25, 0.3) is 0 Å². The molecule has 0 bridgehead atoms. The summed E-state index contributed by atoms with van der Waals surface area (Å²) in [6.07, 6.45) is 5.49. The van der Waals surface area contributed by atoms with Crippen LogP contribution in [0.15, 0.2) is 18.6 Å². The maximum absolute atomic E-state index is 5.87. The fraction of sp³-hybridized carbons (Fsp3) is 0.538. The van der Waals surface area contributed by atoms with E-state index in [-0.39, 0.29) is 0 Å². The van der Waals surface area contributed by atoms with Gasteiger partial charge in [-0.2, -0.15) is 0 Å². The number of hydrogen-bond acceptors (Lipinski definition) is 5. The molecule has 1 aliphatic rings. The van der Waals surface area contributed by atoms with Gasteiger partial charge in [-0.25, -0.2) is 9.97 Å². The van der Waals surface area contributed by atoms with Gasteiger partial charge in [0.15, 0.2) is 11.5 Å². The predicted molar refractivity (Wildman–Crippen MR) is 76.3 cm³/mol. The highest BCUT2D eigenvalue weighted by molar-refractivity contribution is 5.66. The monoisotopic (exact) mass is 260 g/mol. The molecule has 2 aromatic rings. The van der Waals surface area contributed by atoms with E-state index in [9.17, 15) is 0 Å². The molecule has 2 N–H and O–H groups in total. The van der Waals surface area contributed by atoms with Gasteiger partial charge in [-0.1, -0.05) is 0 Å². The van der Waals surface area contributed by atoms with Gasteiger partial charge < -0.3 is 15.0 Å². The Hall–Kier alpha value is -1.82. The van der Waals surface area contributed by atoms with Crippen molar-refractivity contribution in [1.29, 1.82) is 0 Å². The SMILES string of the molecule is CC(C)N1CCN(c2nc(N)cn3ccnc23)CC1. The lowest BCUT2D eigenvalue weighted by Crippen LogP contribution is -2.49. The molecule has 1 fully saturated rings. The second kappa shape index (κ2) is 4.70. The van der Waals surface area contributed by atoms with E-state index in [4.69, 9.17) is 5.73 Å². The summed E-state index contributed by atoms with van der Waals surface area (Å²) >= 11 is 0. The van der Waals surface area contributed by atoms with Crippen molar-refractivity contribution in [3.8, 4) is 0 Å². The van der Waals surface area contributed by atoms with E-state index in [0.717, 1.165) is 37.6 Å². The number of nitrogens with two attached hydrogens (primary N) is 1. The molecule has 0 radical (unpaired) electrons. The zero-order chi connectivity index (χ0) is 13.4. The van der Waals surface area contributed by atoms with Crippen LogP contribution in [-0.4, -0.2) is 51.5 Å². The predicted octanol–water partition coefficient (Wildman–Crippen LogP) is 0.842. The minimum absolute atomic E-state index is 0.534. The van der Waals surface area contributed by atoms with E-state index in [1.807, 2.05) is 10.6 Å². The first-order valence-corrected chi connectivity index (χ1v) is 6.73. The number of rotatable bonds is 2. The topological polar surface area (TPSA) is 62.7 Å². The molecule has 3 rings (SSSR count). The van der Waals surface area contributed by atoms with E-state index >= 15 is 0 Å². The molecule has 2 aromatic heterocycles. The van der Waals surface area contributed by atoms with Crippen LogP contribution in [0.3, 0.4) is 0 Å². The van der Waals surface area contributed by atoms with Crippen LogP contribution in [0.5, 0.6) is 0 Å². The van der Waals surface area contributed by atoms with Gasteiger partial charge in [0, 0.05) is 44.6 Å². The number of nitrogen functional groups attached to an aromatic ring is 1. The molecule has 1 aliphatic heterocycles. The lowest BCUT2D eigenvalue weighted by Gasteiger charge is -2.37. The molecular formula is C13H20N6. The molecule has 6 heteroatoms. The minimum atomic E-state index is 0.534. The van der Waals surface area contributed by atoms with Crippen molar-refractivity contribution < 1.29 is 0 Å². The molecular weight excluding hydrogens is 240 g/mol. The maximum Gasteiger partial charge on any atom is 0.180 e. The van der Waals surface area contributed by atoms with Gasteiger partial charge >= 0.3 is 0 Å². The smallest absolute Gasteiger partial charge is 0.180 e. The normalized spacial score (nSPS) is 17.5. The first-order chi connectivity index (χ1) is 9.15. The van der Waals surface area contributed by atoms with Crippen LogP contribution in [0, 0.1) is 0 Å². The molecule has 3 heterocycles. The van der Waals surface area contributed by atoms with E-state index in [2.05, 4.69) is 33.6 Å². The molecule has 6 nitrogen and oxygen atoms in total. The molecule has 0 amide bonds. The van der Waals surface area contributed by atoms with Crippen LogP contribution in [0.25, 0.3) is 5.65 Å². The molecule has 0 aromatic carbocycles. The Balaban J connectivity index is 1.87. The Morgan fingerprint density at radius 2 is 1.95 bits per heavy atom. The highest BCUT2D eigenvalue weighted by atomic mass is 15.3. The summed E-state index contributed by atoms with van der Waals surface area (Å²) in [5.41, 5.74) is 6.75. The third-order valence-corrected chi connectivity index (χ3v) is 3.72. The Kier molecular flexibility index (Phi) is 3.02. The number of nitrogens with zero attached hydrogens (tertiary/aromatic N) is 5. The summed E-state index contributed by atoms with van der Waals surface area (Å²) in [7, 11) is 0. The van der Waals surface area contributed by atoms with Crippen LogP contribution in [0.1, 0.15) is 13.8 Å². The van der Waals surface area contributed by atoms with E-state index < -0.39 is 0 Å². The third-order valence-electron chi connectivity index (χ3n) is 3.72. The van der Waals surface area contributed by atoms with Crippen LogP contribution in [0.2, 0.25) is 0 Å². The maximum atomic E-state index is 5.87. The van der Waals surface area contributed by atoms with Crippen molar-refractivity contribution >= 4 is 17.3 Å². The van der Waals surface area contributed by atoms with Crippen LogP contribution < -0.4 is 10.6 Å². The zero-order valence-electron chi connectivity index (χ0n) is 11.5. The van der Waals surface area contributed by atoms with E-state index in [1.165, 1.54) is 0 Å². The first-order valence-electron chi connectivity index (χ1n) is 6.73. The minimum Gasteiger partial charge on any atom is -0.382 e. The summed E-state index contributed by atoms with van der Waals surface area (Å²) in [4.78, 5) is 13.6. The summed E-state index contributed by atoms with van der Waals surface area (Å²) in [6.45, 7) is 8.53. The highest BCUT2D eigenvalue weighted by Crippen LogP contribution is 2.21. The average Bonchev–Trinajstić information content (AvgIpc) is 2.85. The molecule has 0 atom stereocenters. The quantitative estimate of drug-likeness (QED) is 0.867. The van der Waals surface area contributed by atoms with Crippen LogP contribution in [0.4, 0.5) is 11.6 Å². The first kappa shape index (κ1) is 12.2. The van der Waals surface area contributed by atoms with Crippen molar-refractivity contribution in [1.82, 2.24) is 19.3 Å². The zero-order valence-corrected chi connectivity index (χ0v) is 11.5. The van der Waals surface area contributed by atoms with Gasteiger partial charge in [-0.05, 0) is 13.8 Å². The van der Waals surface area contributed by atoms with Gasteiger partial charge in [0.1, 0.15) is 5.82 Å². The van der Waals surface area contributed by atoms with Crippen LogP contribution >= 0.6 is 0 Å². The third kappa shape index (κ3) is 2.23. The number of anilines is 2. The van der Waals surface area contributed by atoms with E-state index in [0.29, 0.717) is 11.9 Å². The van der Waals surface area contributed by atoms with Crippen molar-refractivity contribution in [2.75, 3.05) is 36.8 Å². The summed E-state index contributed by atoms with van der Waals surface area (Å²) < 4.78 is 1.94. The summed E-state index contributed by atoms with van der Waals surface area (Å²) in [6, 6.07) is 0.599. The molecule has 0 unspecified atom stereocenters. The number of fused-ring (bicyclic) bond motifs is 1. The average molecular weight is 260 g/mol. The molecule has 0 saturated carbocycles. The molecule has 19 heavy (non-hydrogen) atoms. The van der Waals surface area contributed by atoms with E-state index in [1.54, 1.807) is 12.4 Å². The van der Waals surface area contributed by atoms with Crippen molar-refractivity contribution in [2.24, 2.45) is 0 Å². The van der Waals surface area contributed by atoms with Gasteiger partial charge in [-0.15, -0.1) is 0 Å². The molecule has 1 saturated heterocycles. The van der Waals surface area contributed by atoms with Crippen molar-refractivity contribution in [3.05, 3.63) is 18.6 Å². The van der Waals surface area contributed by atoms with Gasteiger partial charge in [-0.3, -0.25) is 4.90 Å². The Labute approximate surface area is 112 Å². The van der Waals surface area contributed by atoms with Gasteiger partial charge in [0.05, 0.1) is 6.20 Å². The number of hydrogen-bond donors (Lipinski definition) is 1. The summed E-state index contributed by atoms with van der Waals surface area (Å²) in [5.74, 6) is 1.43. The Morgan fingerprint density at radius 1 is 1.21 bits per heavy atom. The second-order valence-electron chi connectivity index (χ2n) is 5.26. The summed E-state index contributed by atoms with van der Waals surface area (Å²) in [5, 5.41) is 0. The lowest BCUT2D eigenvalue weighted by atomic mass is 10.2. The van der Waals surface area contributed by atoms with Gasteiger partial charge in [0.2, 0.25) is 0 Å².